The fourth-order valence-electron chi connectivity index (χ4n) is 2.90. The van der Waals surface area contributed by atoms with Crippen molar-refractivity contribution in [1.29, 1.82) is 0 Å². The van der Waals surface area contributed by atoms with Crippen LogP contribution in [0.5, 0.6) is 0 Å². The van der Waals surface area contributed by atoms with Gasteiger partial charge in [-0.1, -0.05) is 23.7 Å². The summed E-state index contributed by atoms with van der Waals surface area (Å²) < 4.78 is 13.8. The number of hydrogen-bond donors (Lipinski definition) is 0. The van der Waals surface area contributed by atoms with Crippen LogP contribution in [-0.2, 0) is 6.54 Å². The Morgan fingerprint density at radius 2 is 1.92 bits per heavy atom. The van der Waals surface area contributed by atoms with E-state index in [2.05, 4.69) is 9.88 Å². The fourth-order valence-corrected chi connectivity index (χ4v) is 3.03. The molecule has 1 aliphatic heterocycles. The van der Waals surface area contributed by atoms with E-state index in [1.165, 1.54) is 17.8 Å². The minimum Gasteiger partial charge on any atom is -0.337 e. The second kappa shape index (κ2) is 7.73. The average Bonchev–Trinajstić information content (AvgIpc) is 2.82. The van der Waals surface area contributed by atoms with Crippen molar-refractivity contribution in [2.75, 3.05) is 26.2 Å². The molecule has 0 atom stereocenters. The average molecular weight is 348 g/mol. The van der Waals surface area contributed by atoms with Crippen molar-refractivity contribution >= 4 is 17.5 Å². The Bertz CT molecular complexity index is 708. The Morgan fingerprint density at radius 3 is 2.67 bits per heavy atom. The van der Waals surface area contributed by atoms with E-state index in [1.807, 2.05) is 24.3 Å². The normalized spacial score (nSPS) is 16.0. The van der Waals surface area contributed by atoms with Gasteiger partial charge in [0, 0.05) is 43.9 Å². The molecular formula is C18H19ClFN3O. The summed E-state index contributed by atoms with van der Waals surface area (Å²) in [7, 11) is 0. The van der Waals surface area contributed by atoms with Gasteiger partial charge >= 0.3 is 0 Å². The molecule has 1 amide bonds. The van der Waals surface area contributed by atoms with Crippen LogP contribution >= 0.6 is 11.6 Å². The van der Waals surface area contributed by atoms with Gasteiger partial charge in [0.2, 0.25) is 0 Å². The zero-order valence-electron chi connectivity index (χ0n) is 13.3. The van der Waals surface area contributed by atoms with Gasteiger partial charge < -0.3 is 4.90 Å². The van der Waals surface area contributed by atoms with Crippen molar-refractivity contribution in [3.8, 4) is 0 Å². The first-order valence-corrected chi connectivity index (χ1v) is 8.37. The van der Waals surface area contributed by atoms with Crippen LogP contribution in [0.2, 0.25) is 5.02 Å². The Morgan fingerprint density at radius 1 is 1.12 bits per heavy atom. The molecule has 4 nitrogen and oxygen atoms in total. The van der Waals surface area contributed by atoms with Crippen LogP contribution in [-0.4, -0.2) is 46.9 Å². The smallest absolute Gasteiger partial charge is 0.256 e. The highest BCUT2D eigenvalue weighted by atomic mass is 35.5. The monoisotopic (exact) mass is 347 g/mol. The SMILES string of the molecule is O=C(c1ccncc1F)N1CCCN(Cc2ccc(Cl)cc2)CC1. The van der Waals surface area contributed by atoms with Gasteiger partial charge in [-0.2, -0.15) is 0 Å². The van der Waals surface area contributed by atoms with Gasteiger partial charge in [-0.05, 0) is 30.2 Å². The van der Waals surface area contributed by atoms with Gasteiger partial charge in [0.15, 0.2) is 5.82 Å². The molecule has 126 valence electrons. The van der Waals surface area contributed by atoms with Crippen LogP contribution in [0.1, 0.15) is 22.3 Å². The summed E-state index contributed by atoms with van der Waals surface area (Å²) in [6.45, 7) is 3.72. The van der Waals surface area contributed by atoms with Gasteiger partial charge in [0.25, 0.3) is 5.91 Å². The Balaban J connectivity index is 1.61. The number of pyridine rings is 1. The number of carbonyl (C=O) groups is 1. The van der Waals surface area contributed by atoms with E-state index in [-0.39, 0.29) is 11.5 Å². The van der Waals surface area contributed by atoms with Crippen LogP contribution in [0.25, 0.3) is 0 Å². The summed E-state index contributed by atoms with van der Waals surface area (Å²) >= 11 is 5.91. The molecule has 1 fully saturated rings. The number of amides is 1. The molecule has 0 N–H and O–H groups in total. The minimum atomic E-state index is -0.565. The Labute approximate surface area is 145 Å². The Kier molecular flexibility index (Phi) is 5.43. The van der Waals surface area contributed by atoms with Crippen LogP contribution in [0.4, 0.5) is 4.39 Å². The van der Waals surface area contributed by atoms with E-state index in [0.29, 0.717) is 13.1 Å². The molecular weight excluding hydrogens is 329 g/mol. The van der Waals surface area contributed by atoms with Crippen LogP contribution < -0.4 is 0 Å². The number of rotatable bonds is 3. The number of aromatic nitrogens is 1. The van der Waals surface area contributed by atoms with E-state index in [1.54, 1.807) is 4.90 Å². The van der Waals surface area contributed by atoms with Gasteiger partial charge in [-0.15, -0.1) is 0 Å². The lowest BCUT2D eigenvalue weighted by atomic mass is 10.2. The van der Waals surface area contributed by atoms with Crippen molar-refractivity contribution in [3.05, 3.63) is 64.7 Å². The second-order valence-corrected chi connectivity index (χ2v) is 6.34. The third kappa shape index (κ3) is 4.10. The van der Waals surface area contributed by atoms with E-state index in [4.69, 9.17) is 11.6 Å². The summed E-state index contributed by atoms with van der Waals surface area (Å²) in [4.78, 5) is 20.2. The van der Waals surface area contributed by atoms with Gasteiger partial charge in [-0.3, -0.25) is 14.7 Å². The first-order chi connectivity index (χ1) is 11.6. The maximum Gasteiger partial charge on any atom is 0.256 e. The maximum absolute atomic E-state index is 13.8. The van der Waals surface area contributed by atoms with Crippen molar-refractivity contribution < 1.29 is 9.18 Å². The molecule has 1 saturated heterocycles. The van der Waals surface area contributed by atoms with Gasteiger partial charge in [-0.25, -0.2) is 4.39 Å². The largest absolute Gasteiger partial charge is 0.337 e. The lowest BCUT2D eigenvalue weighted by Gasteiger charge is -2.22. The summed E-state index contributed by atoms with van der Waals surface area (Å²) in [6.07, 6.45) is 3.39. The quantitative estimate of drug-likeness (QED) is 0.855. The first kappa shape index (κ1) is 16.9. The highest BCUT2D eigenvalue weighted by Gasteiger charge is 2.22. The molecule has 0 unspecified atom stereocenters. The van der Waals surface area contributed by atoms with Crippen LogP contribution in [0.15, 0.2) is 42.7 Å². The molecule has 24 heavy (non-hydrogen) atoms. The molecule has 1 aromatic heterocycles. The molecule has 0 aliphatic carbocycles. The number of hydrogen-bond acceptors (Lipinski definition) is 3. The summed E-state index contributed by atoms with van der Waals surface area (Å²) in [5.41, 5.74) is 1.29. The van der Waals surface area contributed by atoms with E-state index in [9.17, 15) is 9.18 Å². The number of nitrogens with zero attached hydrogens (tertiary/aromatic N) is 3. The topological polar surface area (TPSA) is 36.4 Å². The molecule has 0 bridgehead atoms. The molecule has 6 heteroatoms. The van der Waals surface area contributed by atoms with Crippen molar-refractivity contribution in [2.24, 2.45) is 0 Å². The highest BCUT2D eigenvalue weighted by Crippen LogP contribution is 2.15. The van der Waals surface area contributed by atoms with E-state index in [0.717, 1.165) is 37.3 Å². The minimum absolute atomic E-state index is 0.0937. The second-order valence-electron chi connectivity index (χ2n) is 5.90. The van der Waals surface area contributed by atoms with Crippen LogP contribution in [0.3, 0.4) is 0 Å². The van der Waals surface area contributed by atoms with Crippen molar-refractivity contribution in [3.63, 3.8) is 0 Å². The third-order valence-corrected chi connectivity index (χ3v) is 4.45. The zero-order chi connectivity index (χ0) is 16.9. The summed E-state index contributed by atoms with van der Waals surface area (Å²) in [6, 6.07) is 9.24. The van der Waals surface area contributed by atoms with Crippen molar-refractivity contribution in [2.45, 2.75) is 13.0 Å². The maximum atomic E-state index is 13.8. The molecule has 2 heterocycles. The van der Waals surface area contributed by atoms with E-state index < -0.39 is 5.82 Å². The molecule has 3 rings (SSSR count). The number of benzene rings is 1. The summed E-state index contributed by atoms with van der Waals surface area (Å²) in [5, 5.41) is 0.728. The Hall–Kier alpha value is -1.98. The fraction of sp³-hybridized carbons (Fsp3) is 0.333. The standard InChI is InChI=1S/C18H19ClFN3O/c19-15-4-2-14(3-5-15)13-22-8-1-9-23(11-10-22)18(24)16-6-7-21-12-17(16)20/h2-7,12H,1,8-11,13H2. The molecule has 2 aromatic rings. The van der Waals surface area contributed by atoms with Gasteiger partial charge in [0.1, 0.15) is 0 Å². The molecule has 0 spiro atoms. The lowest BCUT2D eigenvalue weighted by Crippen LogP contribution is -2.35. The predicted molar refractivity (Wildman–Crippen MR) is 91.4 cm³/mol. The third-order valence-electron chi connectivity index (χ3n) is 4.20. The first-order valence-electron chi connectivity index (χ1n) is 7.99. The molecule has 0 saturated carbocycles. The van der Waals surface area contributed by atoms with E-state index >= 15 is 0 Å². The number of halogens is 2. The van der Waals surface area contributed by atoms with Crippen LogP contribution in [0, 0.1) is 5.82 Å². The lowest BCUT2D eigenvalue weighted by molar-refractivity contribution is 0.0756. The van der Waals surface area contributed by atoms with Crippen molar-refractivity contribution in [1.82, 2.24) is 14.8 Å². The molecule has 1 aromatic carbocycles. The van der Waals surface area contributed by atoms with Gasteiger partial charge in [0.05, 0.1) is 11.8 Å². The summed E-state index contributed by atoms with van der Waals surface area (Å²) in [5.74, 6) is -0.826. The molecule has 1 aliphatic rings. The predicted octanol–water partition coefficient (Wildman–Crippen LogP) is 3.22. The molecule has 0 radical (unpaired) electrons. The highest BCUT2D eigenvalue weighted by molar-refractivity contribution is 6.30. The number of carbonyl (C=O) groups excluding carboxylic acids is 1. The zero-order valence-corrected chi connectivity index (χ0v) is 14.0.